The second kappa shape index (κ2) is 5.76. The van der Waals surface area contributed by atoms with Gasteiger partial charge in [-0.25, -0.2) is 14.3 Å². The van der Waals surface area contributed by atoms with E-state index in [4.69, 9.17) is 10.6 Å². The van der Waals surface area contributed by atoms with E-state index in [1.165, 1.54) is 21.1 Å². The quantitative estimate of drug-likeness (QED) is 0.441. The van der Waals surface area contributed by atoms with Crippen LogP contribution < -0.4 is 11.3 Å². The van der Waals surface area contributed by atoms with E-state index in [2.05, 4.69) is 0 Å². The lowest BCUT2D eigenvalue weighted by atomic mass is 10.3. The molecule has 8 nitrogen and oxygen atoms in total. The molecule has 1 aromatic rings. The third-order valence-corrected chi connectivity index (χ3v) is 5.16. The molecule has 118 valence electrons. The Morgan fingerprint density at radius 2 is 1.95 bits per heavy atom. The van der Waals surface area contributed by atoms with Crippen LogP contribution in [0.5, 0.6) is 0 Å². The molecule has 3 N–H and O–H groups in total. The first-order valence-corrected chi connectivity index (χ1v) is 8.02. The zero-order valence-electron chi connectivity index (χ0n) is 12.2. The number of nitrogens with zero attached hydrogens (tertiary/aromatic N) is 2. The molecule has 1 aromatic heterocycles. The third kappa shape index (κ3) is 3.10. The molecule has 1 aliphatic rings. The highest BCUT2D eigenvalue weighted by Gasteiger charge is 2.33. The largest absolute Gasteiger partial charge is 0.373 e. The van der Waals surface area contributed by atoms with Crippen LogP contribution in [-0.4, -0.2) is 48.5 Å². The molecule has 0 aromatic carbocycles. The van der Waals surface area contributed by atoms with E-state index in [1.54, 1.807) is 7.05 Å². The fourth-order valence-corrected chi connectivity index (χ4v) is 4.11. The Morgan fingerprint density at radius 3 is 2.48 bits per heavy atom. The van der Waals surface area contributed by atoms with Crippen LogP contribution >= 0.6 is 0 Å². The van der Waals surface area contributed by atoms with Gasteiger partial charge in [0.25, 0.3) is 5.91 Å². The Hall–Kier alpha value is -1.42. The number of nitrogens with one attached hydrogen (secondary N) is 1. The number of ether oxygens (including phenoxy) is 1. The van der Waals surface area contributed by atoms with Gasteiger partial charge in [-0.15, -0.1) is 0 Å². The normalized spacial score (nSPS) is 24.0. The minimum Gasteiger partial charge on any atom is -0.373 e. The van der Waals surface area contributed by atoms with Crippen molar-refractivity contribution in [2.24, 2.45) is 12.9 Å². The van der Waals surface area contributed by atoms with Gasteiger partial charge in [-0.2, -0.15) is 4.31 Å². The van der Waals surface area contributed by atoms with Crippen LogP contribution in [0.25, 0.3) is 0 Å². The summed E-state index contributed by atoms with van der Waals surface area (Å²) in [6.07, 6.45) is 1.07. The Balaban J connectivity index is 2.34. The van der Waals surface area contributed by atoms with E-state index in [-0.39, 0.29) is 22.8 Å². The van der Waals surface area contributed by atoms with E-state index in [9.17, 15) is 13.2 Å². The summed E-state index contributed by atoms with van der Waals surface area (Å²) in [4.78, 5) is 11.6. The van der Waals surface area contributed by atoms with E-state index in [0.29, 0.717) is 13.1 Å². The van der Waals surface area contributed by atoms with Crippen molar-refractivity contribution in [3.8, 4) is 0 Å². The number of hydrogen-bond donors (Lipinski definition) is 2. The van der Waals surface area contributed by atoms with Crippen molar-refractivity contribution in [3.05, 3.63) is 18.0 Å². The van der Waals surface area contributed by atoms with E-state index >= 15 is 0 Å². The van der Waals surface area contributed by atoms with Crippen LogP contribution in [0.1, 0.15) is 24.3 Å². The van der Waals surface area contributed by atoms with Crippen molar-refractivity contribution >= 4 is 15.9 Å². The van der Waals surface area contributed by atoms with Gasteiger partial charge in [0.05, 0.1) is 12.2 Å². The highest BCUT2D eigenvalue weighted by atomic mass is 32.2. The number of carbonyl (C=O) groups is 1. The second-order valence-electron chi connectivity index (χ2n) is 5.22. The number of sulfonamides is 1. The maximum absolute atomic E-state index is 12.6. The number of amides is 1. The van der Waals surface area contributed by atoms with Gasteiger partial charge in [0.15, 0.2) is 0 Å². The smallest absolute Gasteiger partial charge is 0.281 e. The minimum atomic E-state index is -3.66. The highest BCUT2D eigenvalue weighted by Crippen LogP contribution is 2.22. The maximum Gasteiger partial charge on any atom is 0.281 e. The molecule has 21 heavy (non-hydrogen) atoms. The molecule has 0 aliphatic carbocycles. The van der Waals surface area contributed by atoms with Crippen LogP contribution in [-0.2, 0) is 21.8 Å². The summed E-state index contributed by atoms with van der Waals surface area (Å²) in [6.45, 7) is 4.24. The van der Waals surface area contributed by atoms with Gasteiger partial charge in [-0.3, -0.25) is 10.2 Å². The van der Waals surface area contributed by atoms with Crippen molar-refractivity contribution in [3.63, 3.8) is 0 Å². The number of hydrogen-bond acceptors (Lipinski definition) is 5. The molecule has 1 saturated heterocycles. The molecule has 0 radical (unpaired) electrons. The molecule has 2 rings (SSSR count). The second-order valence-corrected chi connectivity index (χ2v) is 7.16. The molecule has 1 aliphatic heterocycles. The topological polar surface area (TPSA) is 107 Å². The summed E-state index contributed by atoms with van der Waals surface area (Å²) < 4.78 is 33.7. The average Bonchev–Trinajstić information content (AvgIpc) is 2.79. The number of aromatic nitrogens is 1. The zero-order valence-corrected chi connectivity index (χ0v) is 13.1. The summed E-state index contributed by atoms with van der Waals surface area (Å²) in [7, 11) is -2.07. The van der Waals surface area contributed by atoms with Crippen molar-refractivity contribution in [2.45, 2.75) is 31.0 Å². The Bertz CT molecular complexity index is 630. The lowest BCUT2D eigenvalue weighted by Gasteiger charge is -2.34. The number of morpholine rings is 1. The van der Waals surface area contributed by atoms with Crippen molar-refractivity contribution < 1.29 is 17.9 Å². The highest BCUT2D eigenvalue weighted by molar-refractivity contribution is 7.89. The molecule has 1 fully saturated rings. The molecule has 0 bridgehead atoms. The first kappa shape index (κ1) is 16.0. The van der Waals surface area contributed by atoms with Crippen LogP contribution in [0.4, 0.5) is 0 Å². The van der Waals surface area contributed by atoms with Gasteiger partial charge in [-0.1, -0.05) is 0 Å². The van der Waals surface area contributed by atoms with Crippen molar-refractivity contribution in [2.75, 3.05) is 13.1 Å². The lowest BCUT2D eigenvalue weighted by molar-refractivity contribution is -0.0440. The fraction of sp³-hybridized carbons (Fsp3) is 0.583. The van der Waals surface area contributed by atoms with Crippen LogP contribution in [0.15, 0.2) is 17.2 Å². The zero-order chi connectivity index (χ0) is 15.8. The van der Waals surface area contributed by atoms with E-state index < -0.39 is 15.9 Å². The lowest BCUT2D eigenvalue weighted by Crippen LogP contribution is -2.48. The molecule has 2 unspecified atom stereocenters. The maximum atomic E-state index is 12.6. The summed E-state index contributed by atoms with van der Waals surface area (Å²) in [5.41, 5.74) is 2.18. The molecule has 0 saturated carbocycles. The number of carbonyl (C=O) groups excluding carboxylic acids is 1. The third-order valence-electron chi connectivity index (χ3n) is 3.37. The van der Waals surface area contributed by atoms with Gasteiger partial charge in [0, 0.05) is 26.3 Å². The molecule has 0 spiro atoms. The van der Waals surface area contributed by atoms with Gasteiger partial charge in [0.2, 0.25) is 10.0 Å². The molecule has 2 atom stereocenters. The standard InChI is InChI=1S/C12H20N4O4S/c1-8-5-16(6-9(2)20-8)21(18,19)10-4-11(12(17)14-13)15(3)7-10/h4,7-9H,5-6,13H2,1-3H3,(H,14,17). The first-order valence-electron chi connectivity index (χ1n) is 6.58. The van der Waals surface area contributed by atoms with Gasteiger partial charge < -0.3 is 9.30 Å². The minimum absolute atomic E-state index is 0.0740. The first-order chi connectivity index (χ1) is 9.75. The predicted octanol–water partition coefficient (Wildman–Crippen LogP) is -0.573. The summed E-state index contributed by atoms with van der Waals surface area (Å²) in [5, 5.41) is 0. The van der Waals surface area contributed by atoms with Crippen molar-refractivity contribution in [1.82, 2.24) is 14.3 Å². The molecule has 2 heterocycles. The number of hydrazine groups is 1. The van der Waals surface area contributed by atoms with Gasteiger partial charge in [-0.05, 0) is 19.9 Å². The van der Waals surface area contributed by atoms with Gasteiger partial charge >= 0.3 is 0 Å². The predicted molar refractivity (Wildman–Crippen MR) is 75.8 cm³/mol. The van der Waals surface area contributed by atoms with Gasteiger partial charge in [0.1, 0.15) is 10.6 Å². The number of rotatable bonds is 3. The van der Waals surface area contributed by atoms with Crippen LogP contribution in [0.2, 0.25) is 0 Å². The number of nitrogen functional groups attached to an aromatic ring is 1. The van der Waals surface area contributed by atoms with E-state index in [1.807, 2.05) is 19.3 Å². The molecule has 9 heteroatoms. The summed E-state index contributed by atoms with van der Waals surface area (Å²) >= 11 is 0. The molecule has 1 amide bonds. The average molecular weight is 316 g/mol. The fourth-order valence-electron chi connectivity index (χ4n) is 2.45. The Kier molecular flexibility index (Phi) is 4.38. The summed E-state index contributed by atoms with van der Waals surface area (Å²) in [6, 6.07) is 1.32. The summed E-state index contributed by atoms with van der Waals surface area (Å²) in [5.74, 6) is 4.54. The number of aryl methyl sites for hydroxylation is 1. The SMILES string of the molecule is CC1CN(S(=O)(=O)c2cc(C(=O)NN)n(C)c2)CC(C)O1. The van der Waals surface area contributed by atoms with Crippen molar-refractivity contribution in [1.29, 1.82) is 0 Å². The molecular weight excluding hydrogens is 296 g/mol. The Labute approximate surface area is 123 Å². The van der Waals surface area contributed by atoms with Crippen LogP contribution in [0, 0.1) is 0 Å². The van der Waals surface area contributed by atoms with E-state index in [0.717, 1.165) is 0 Å². The molecular formula is C12H20N4O4S. The number of nitrogens with two attached hydrogens (primary N) is 1. The monoisotopic (exact) mass is 316 g/mol. The van der Waals surface area contributed by atoms with Crippen LogP contribution in [0.3, 0.4) is 0 Å². The Morgan fingerprint density at radius 1 is 1.38 bits per heavy atom.